The molecule has 1 aliphatic rings. The van der Waals surface area contributed by atoms with E-state index in [0.29, 0.717) is 17.5 Å². The third kappa shape index (κ3) is 6.54. The molecular formula is C26H25F6N5O3. The van der Waals surface area contributed by atoms with Crippen LogP contribution in [0.2, 0.25) is 0 Å². The first-order chi connectivity index (χ1) is 18.9. The number of nitrogens with one attached hydrogen (secondary N) is 1. The smallest absolute Gasteiger partial charge is 0.376 e. The minimum absolute atomic E-state index is 0.0404. The number of nitrogens with zero attached hydrogens (tertiary/aromatic N) is 4. The Bertz CT molecular complexity index is 1320. The zero-order valence-corrected chi connectivity index (χ0v) is 21.2. The van der Waals surface area contributed by atoms with E-state index < -0.39 is 47.8 Å². The minimum atomic E-state index is -4.94. The highest BCUT2D eigenvalue weighted by Gasteiger charge is 2.46. The number of amides is 1. The molecule has 8 nitrogen and oxygen atoms in total. The maximum absolute atomic E-state index is 14.0. The Morgan fingerprint density at radius 1 is 1.02 bits per heavy atom. The zero-order chi connectivity index (χ0) is 29.1. The van der Waals surface area contributed by atoms with Crippen LogP contribution in [-0.2, 0) is 15.7 Å². The van der Waals surface area contributed by atoms with E-state index in [0.717, 1.165) is 56.8 Å². The van der Waals surface area contributed by atoms with Crippen molar-refractivity contribution in [2.45, 2.75) is 50.5 Å². The van der Waals surface area contributed by atoms with Crippen LogP contribution >= 0.6 is 0 Å². The van der Waals surface area contributed by atoms with E-state index in [-0.39, 0.29) is 21.8 Å². The first kappa shape index (κ1) is 28.9. The van der Waals surface area contributed by atoms with E-state index in [9.17, 15) is 35.9 Å². The van der Waals surface area contributed by atoms with Gasteiger partial charge in [0.2, 0.25) is 0 Å². The normalized spacial score (nSPS) is 15.4. The molecule has 0 radical (unpaired) electrons. The zero-order valence-electron chi connectivity index (χ0n) is 21.2. The van der Waals surface area contributed by atoms with Gasteiger partial charge in [-0.3, -0.25) is 14.7 Å². The Morgan fingerprint density at radius 3 is 2.27 bits per heavy atom. The van der Waals surface area contributed by atoms with E-state index in [1.54, 1.807) is 0 Å². The summed E-state index contributed by atoms with van der Waals surface area (Å²) in [5, 5.41) is 6.32. The second-order valence-corrected chi connectivity index (χ2v) is 9.35. The number of esters is 1. The molecule has 2 heterocycles. The molecule has 1 atom stereocenters. The summed E-state index contributed by atoms with van der Waals surface area (Å²) in [5.74, 6) is -1.39. The number of carbonyl (C=O) groups excluding carboxylic acids is 2. The number of alkyl halides is 6. The second-order valence-electron chi connectivity index (χ2n) is 9.35. The molecule has 1 amide bonds. The number of halogens is 6. The average molecular weight is 570 g/mol. The fourth-order valence-corrected chi connectivity index (χ4v) is 4.61. The summed E-state index contributed by atoms with van der Waals surface area (Å²) in [5.41, 5.74) is -1.85. The lowest BCUT2D eigenvalue weighted by Crippen LogP contribution is -2.41. The SMILES string of the molecule is CN(C(=O)OC(=O)C1CCCCC1)[C@@H](c1ccc(Nc2cnn(-c3cccnc3)c2C(F)(F)F)cc1)C(F)(F)F. The third-order valence-electron chi connectivity index (χ3n) is 6.55. The van der Waals surface area contributed by atoms with Crippen LogP contribution in [0.3, 0.4) is 0 Å². The van der Waals surface area contributed by atoms with Crippen LogP contribution in [0, 0.1) is 5.92 Å². The van der Waals surface area contributed by atoms with Gasteiger partial charge < -0.3 is 10.1 Å². The predicted molar refractivity (Wildman–Crippen MR) is 131 cm³/mol. The Morgan fingerprint density at radius 2 is 1.70 bits per heavy atom. The molecule has 1 saturated carbocycles. The molecule has 0 unspecified atom stereocenters. The number of hydrogen-bond donors (Lipinski definition) is 1. The Balaban J connectivity index is 1.53. The first-order valence-corrected chi connectivity index (χ1v) is 12.3. The molecule has 0 bridgehead atoms. The van der Waals surface area contributed by atoms with Crippen molar-refractivity contribution in [3.63, 3.8) is 0 Å². The fraction of sp³-hybridized carbons (Fsp3) is 0.385. The molecule has 1 aliphatic carbocycles. The molecule has 214 valence electrons. The summed E-state index contributed by atoms with van der Waals surface area (Å²) < 4.78 is 89.1. The Labute approximate surface area is 224 Å². The maximum atomic E-state index is 14.0. The monoisotopic (exact) mass is 569 g/mol. The van der Waals surface area contributed by atoms with Crippen LogP contribution in [0.5, 0.6) is 0 Å². The highest BCUT2D eigenvalue weighted by Crippen LogP contribution is 2.40. The standard InChI is InChI=1S/C26H25F6N5O3/c1-36(24(39)40-23(38)17-6-3-2-4-7-17)21(25(27,28)29)16-9-11-18(12-10-16)35-20-15-34-37(22(20)26(30,31)32)19-8-5-13-33-14-19/h5,8-15,17,21,35H,2-4,6-7H2,1H3/t21-/m0/s1. The molecule has 0 saturated heterocycles. The maximum Gasteiger partial charge on any atom is 0.435 e. The number of benzene rings is 1. The van der Waals surface area contributed by atoms with Gasteiger partial charge in [-0.2, -0.15) is 31.4 Å². The largest absolute Gasteiger partial charge is 0.435 e. The number of anilines is 2. The van der Waals surface area contributed by atoms with Crippen LogP contribution in [0.25, 0.3) is 5.69 Å². The average Bonchev–Trinajstić information content (AvgIpc) is 3.34. The molecular weight excluding hydrogens is 544 g/mol. The van der Waals surface area contributed by atoms with Crippen molar-refractivity contribution in [3.05, 3.63) is 66.2 Å². The Hall–Kier alpha value is -4.10. The van der Waals surface area contributed by atoms with Gasteiger partial charge >= 0.3 is 24.4 Å². The van der Waals surface area contributed by atoms with Crippen molar-refractivity contribution in [1.82, 2.24) is 19.7 Å². The van der Waals surface area contributed by atoms with Gasteiger partial charge in [-0.25, -0.2) is 9.48 Å². The number of hydrogen-bond acceptors (Lipinski definition) is 6. The highest BCUT2D eigenvalue weighted by molar-refractivity contribution is 5.86. The van der Waals surface area contributed by atoms with Crippen molar-refractivity contribution in [2.24, 2.45) is 5.92 Å². The number of pyridine rings is 1. The molecule has 0 aliphatic heterocycles. The van der Waals surface area contributed by atoms with Gasteiger partial charge in [0.05, 0.1) is 29.7 Å². The van der Waals surface area contributed by atoms with Crippen molar-refractivity contribution in [2.75, 3.05) is 12.4 Å². The van der Waals surface area contributed by atoms with Crippen LogP contribution in [0.4, 0.5) is 42.5 Å². The van der Waals surface area contributed by atoms with Gasteiger partial charge in [0, 0.05) is 18.9 Å². The van der Waals surface area contributed by atoms with Gasteiger partial charge in [-0.1, -0.05) is 31.4 Å². The van der Waals surface area contributed by atoms with Crippen molar-refractivity contribution < 1.29 is 40.7 Å². The third-order valence-corrected chi connectivity index (χ3v) is 6.55. The number of carbonyl (C=O) groups is 2. The van der Waals surface area contributed by atoms with Gasteiger partial charge in [0.1, 0.15) is 0 Å². The summed E-state index contributed by atoms with van der Waals surface area (Å²) >= 11 is 0. The van der Waals surface area contributed by atoms with Crippen LogP contribution in [0.1, 0.15) is 49.4 Å². The van der Waals surface area contributed by atoms with Crippen molar-refractivity contribution in [3.8, 4) is 5.69 Å². The van der Waals surface area contributed by atoms with Crippen molar-refractivity contribution in [1.29, 1.82) is 0 Å². The molecule has 4 rings (SSSR count). The first-order valence-electron chi connectivity index (χ1n) is 12.3. The number of rotatable bonds is 6. The fourth-order valence-electron chi connectivity index (χ4n) is 4.61. The van der Waals surface area contributed by atoms with E-state index >= 15 is 0 Å². The topological polar surface area (TPSA) is 89.4 Å². The molecule has 1 aromatic carbocycles. The Kier molecular flexibility index (Phi) is 8.35. The molecule has 0 spiro atoms. The predicted octanol–water partition coefficient (Wildman–Crippen LogP) is 6.81. The van der Waals surface area contributed by atoms with Crippen LogP contribution in [-0.4, -0.2) is 45.0 Å². The van der Waals surface area contributed by atoms with Gasteiger partial charge in [0.25, 0.3) is 0 Å². The number of aromatic nitrogens is 3. The highest BCUT2D eigenvalue weighted by atomic mass is 19.4. The summed E-state index contributed by atoms with van der Waals surface area (Å²) in [6, 6.07) is 4.68. The lowest BCUT2D eigenvalue weighted by molar-refractivity contribution is -0.180. The second kappa shape index (κ2) is 11.6. The van der Waals surface area contributed by atoms with E-state index in [1.165, 1.54) is 24.5 Å². The van der Waals surface area contributed by atoms with Gasteiger partial charge in [0.15, 0.2) is 11.7 Å². The lowest BCUT2D eigenvalue weighted by atomic mass is 9.89. The molecule has 2 aromatic heterocycles. The molecule has 14 heteroatoms. The molecule has 3 aromatic rings. The quantitative estimate of drug-likeness (QED) is 0.199. The number of ether oxygens (including phenoxy) is 1. The van der Waals surface area contributed by atoms with E-state index in [2.05, 4.69) is 15.4 Å². The lowest BCUT2D eigenvalue weighted by Gasteiger charge is -2.30. The van der Waals surface area contributed by atoms with Crippen LogP contribution in [0.15, 0.2) is 55.0 Å². The molecule has 1 N–H and O–H groups in total. The van der Waals surface area contributed by atoms with E-state index in [4.69, 9.17) is 4.74 Å². The van der Waals surface area contributed by atoms with E-state index in [1.807, 2.05) is 0 Å². The summed E-state index contributed by atoms with van der Waals surface area (Å²) in [6.45, 7) is 0. The van der Waals surface area contributed by atoms with Gasteiger partial charge in [-0.15, -0.1) is 0 Å². The molecule has 1 fully saturated rings. The summed E-state index contributed by atoms with van der Waals surface area (Å²) in [6.07, 6.45) is -4.21. The molecule has 40 heavy (non-hydrogen) atoms. The summed E-state index contributed by atoms with van der Waals surface area (Å²) in [7, 11) is 0.864. The van der Waals surface area contributed by atoms with Crippen LogP contribution < -0.4 is 5.32 Å². The summed E-state index contributed by atoms with van der Waals surface area (Å²) in [4.78, 5) is 28.8. The van der Waals surface area contributed by atoms with Crippen molar-refractivity contribution >= 4 is 23.4 Å². The van der Waals surface area contributed by atoms with Gasteiger partial charge in [-0.05, 0) is 42.7 Å². The minimum Gasteiger partial charge on any atom is -0.376 e.